The molecule has 1 aliphatic heterocycles. The summed E-state index contributed by atoms with van der Waals surface area (Å²) in [5, 5.41) is 0. The van der Waals surface area contributed by atoms with Crippen LogP contribution in [-0.4, -0.2) is 24.8 Å². The van der Waals surface area contributed by atoms with Crippen molar-refractivity contribution in [2.45, 2.75) is 31.6 Å². The van der Waals surface area contributed by atoms with Gasteiger partial charge in [0, 0.05) is 18.3 Å². The molecule has 2 N–H and O–H groups in total. The summed E-state index contributed by atoms with van der Waals surface area (Å²) in [6.45, 7) is 1.39. The molecule has 0 radical (unpaired) electrons. The van der Waals surface area contributed by atoms with Gasteiger partial charge in [0.25, 0.3) is 0 Å². The molecule has 5 heteroatoms. The van der Waals surface area contributed by atoms with Gasteiger partial charge in [0.2, 0.25) is 0 Å². The highest BCUT2D eigenvalue weighted by Gasteiger charge is 2.46. The van der Waals surface area contributed by atoms with Gasteiger partial charge < -0.3 is 10.6 Å². The van der Waals surface area contributed by atoms with E-state index in [1.807, 2.05) is 12.1 Å². The van der Waals surface area contributed by atoms with Crippen molar-refractivity contribution in [2.75, 3.05) is 11.4 Å². The lowest BCUT2D eigenvalue weighted by Gasteiger charge is -2.34. The van der Waals surface area contributed by atoms with E-state index in [1.165, 1.54) is 4.90 Å². The standard InChI is InChI=1S/C12H15F3N2/c1-8-6-9-4-2-3-5-10(9)17(8)11(7-16)12(13,14)15/h2-5,8,11H,6-7,16H2,1H3. The molecular weight excluding hydrogens is 229 g/mol. The first-order valence-corrected chi connectivity index (χ1v) is 5.58. The van der Waals surface area contributed by atoms with Gasteiger partial charge in [-0.15, -0.1) is 0 Å². The van der Waals surface area contributed by atoms with E-state index < -0.39 is 18.8 Å². The largest absolute Gasteiger partial charge is 0.409 e. The van der Waals surface area contributed by atoms with E-state index in [4.69, 9.17) is 5.73 Å². The highest BCUT2D eigenvalue weighted by atomic mass is 19.4. The van der Waals surface area contributed by atoms with Gasteiger partial charge in [-0.05, 0) is 25.0 Å². The molecule has 0 saturated carbocycles. The van der Waals surface area contributed by atoms with E-state index in [-0.39, 0.29) is 6.04 Å². The number of benzene rings is 1. The molecule has 0 aromatic heterocycles. The molecule has 2 unspecified atom stereocenters. The van der Waals surface area contributed by atoms with Gasteiger partial charge in [0.05, 0.1) is 0 Å². The first kappa shape index (κ1) is 12.2. The zero-order valence-corrected chi connectivity index (χ0v) is 9.54. The van der Waals surface area contributed by atoms with Gasteiger partial charge >= 0.3 is 6.18 Å². The molecule has 0 fully saturated rings. The second-order valence-corrected chi connectivity index (χ2v) is 4.38. The van der Waals surface area contributed by atoms with Crippen molar-refractivity contribution in [3.8, 4) is 0 Å². The highest BCUT2D eigenvalue weighted by molar-refractivity contribution is 5.60. The number of alkyl halides is 3. The Morgan fingerprint density at radius 3 is 2.65 bits per heavy atom. The number of nitrogens with two attached hydrogens (primary N) is 1. The number of halogens is 3. The highest BCUT2D eigenvalue weighted by Crippen LogP contribution is 2.37. The molecule has 0 bridgehead atoms. The summed E-state index contributed by atoms with van der Waals surface area (Å²) in [6.07, 6.45) is -3.65. The van der Waals surface area contributed by atoms with Crippen LogP contribution in [0.25, 0.3) is 0 Å². The summed E-state index contributed by atoms with van der Waals surface area (Å²) in [7, 11) is 0. The fraction of sp³-hybridized carbons (Fsp3) is 0.500. The summed E-state index contributed by atoms with van der Waals surface area (Å²) in [6, 6.07) is 5.44. The number of nitrogens with zero attached hydrogens (tertiary/aromatic N) is 1. The molecular formula is C12H15F3N2. The molecule has 0 aliphatic carbocycles. The smallest absolute Gasteiger partial charge is 0.355 e. The molecule has 1 aliphatic rings. The van der Waals surface area contributed by atoms with Crippen LogP contribution < -0.4 is 10.6 Å². The third kappa shape index (κ3) is 2.11. The summed E-state index contributed by atoms with van der Waals surface area (Å²) >= 11 is 0. The molecule has 94 valence electrons. The van der Waals surface area contributed by atoms with Gasteiger partial charge in [0.15, 0.2) is 0 Å². The van der Waals surface area contributed by atoms with E-state index in [1.54, 1.807) is 19.1 Å². The summed E-state index contributed by atoms with van der Waals surface area (Å²) < 4.78 is 38.8. The molecule has 1 heterocycles. The van der Waals surface area contributed by atoms with Crippen molar-refractivity contribution in [3.63, 3.8) is 0 Å². The molecule has 2 atom stereocenters. The van der Waals surface area contributed by atoms with Crippen molar-refractivity contribution >= 4 is 5.69 Å². The molecule has 1 aromatic carbocycles. The lowest BCUT2D eigenvalue weighted by molar-refractivity contribution is -0.147. The SMILES string of the molecule is CC1Cc2ccccc2N1C(CN)C(F)(F)F. The van der Waals surface area contributed by atoms with Crippen molar-refractivity contribution in [1.82, 2.24) is 0 Å². The average molecular weight is 244 g/mol. The lowest BCUT2D eigenvalue weighted by atomic mass is 10.1. The fourth-order valence-corrected chi connectivity index (χ4v) is 2.47. The molecule has 0 amide bonds. The van der Waals surface area contributed by atoms with Crippen LogP contribution in [0.5, 0.6) is 0 Å². The molecule has 17 heavy (non-hydrogen) atoms. The Morgan fingerprint density at radius 2 is 2.06 bits per heavy atom. The lowest BCUT2D eigenvalue weighted by Crippen LogP contribution is -2.52. The Balaban J connectivity index is 2.38. The third-order valence-corrected chi connectivity index (χ3v) is 3.20. The number of para-hydroxylation sites is 1. The Bertz CT molecular complexity index is 403. The minimum Gasteiger partial charge on any atom is -0.355 e. The topological polar surface area (TPSA) is 29.3 Å². The quantitative estimate of drug-likeness (QED) is 0.865. The zero-order valence-electron chi connectivity index (χ0n) is 9.54. The number of hydrogen-bond donors (Lipinski definition) is 1. The van der Waals surface area contributed by atoms with Crippen molar-refractivity contribution in [3.05, 3.63) is 29.8 Å². The van der Waals surface area contributed by atoms with Crippen LogP contribution in [0.1, 0.15) is 12.5 Å². The molecule has 0 saturated heterocycles. The van der Waals surface area contributed by atoms with Gasteiger partial charge in [-0.2, -0.15) is 13.2 Å². The Kier molecular flexibility index (Phi) is 3.03. The van der Waals surface area contributed by atoms with Gasteiger partial charge in [-0.1, -0.05) is 18.2 Å². The van der Waals surface area contributed by atoms with E-state index in [2.05, 4.69) is 0 Å². The number of rotatable bonds is 2. The predicted molar refractivity (Wildman–Crippen MR) is 61.0 cm³/mol. The van der Waals surface area contributed by atoms with E-state index in [0.717, 1.165) is 5.56 Å². The second-order valence-electron chi connectivity index (χ2n) is 4.38. The van der Waals surface area contributed by atoms with Gasteiger partial charge in [-0.3, -0.25) is 0 Å². The van der Waals surface area contributed by atoms with Crippen molar-refractivity contribution in [2.24, 2.45) is 5.73 Å². The second kappa shape index (κ2) is 4.22. The fourth-order valence-electron chi connectivity index (χ4n) is 2.47. The van der Waals surface area contributed by atoms with E-state index >= 15 is 0 Å². The molecule has 2 rings (SSSR count). The zero-order chi connectivity index (χ0) is 12.6. The van der Waals surface area contributed by atoms with E-state index in [0.29, 0.717) is 12.1 Å². The minimum atomic E-state index is -4.29. The maximum Gasteiger partial charge on any atom is 0.409 e. The van der Waals surface area contributed by atoms with Crippen molar-refractivity contribution < 1.29 is 13.2 Å². The minimum absolute atomic E-state index is 0.164. The monoisotopic (exact) mass is 244 g/mol. The molecule has 0 spiro atoms. The van der Waals surface area contributed by atoms with E-state index in [9.17, 15) is 13.2 Å². The first-order chi connectivity index (χ1) is 7.95. The Morgan fingerprint density at radius 1 is 1.41 bits per heavy atom. The number of hydrogen-bond acceptors (Lipinski definition) is 2. The third-order valence-electron chi connectivity index (χ3n) is 3.20. The van der Waals surface area contributed by atoms with Crippen LogP contribution in [0, 0.1) is 0 Å². The summed E-state index contributed by atoms with van der Waals surface area (Å²) in [4.78, 5) is 1.40. The molecule has 1 aromatic rings. The molecule has 2 nitrogen and oxygen atoms in total. The van der Waals surface area contributed by atoms with Crippen LogP contribution in [0.3, 0.4) is 0 Å². The summed E-state index contributed by atoms with van der Waals surface area (Å²) in [5.41, 5.74) is 6.92. The van der Waals surface area contributed by atoms with Crippen LogP contribution >= 0.6 is 0 Å². The maximum atomic E-state index is 12.9. The predicted octanol–water partition coefficient (Wildman–Crippen LogP) is 2.33. The average Bonchev–Trinajstić information content (AvgIpc) is 2.55. The first-order valence-electron chi connectivity index (χ1n) is 5.58. The van der Waals surface area contributed by atoms with Crippen LogP contribution in [0.15, 0.2) is 24.3 Å². The van der Waals surface area contributed by atoms with Crippen LogP contribution in [-0.2, 0) is 6.42 Å². The Labute approximate surface area is 98.2 Å². The van der Waals surface area contributed by atoms with Crippen molar-refractivity contribution in [1.29, 1.82) is 0 Å². The number of fused-ring (bicyclic) bond motifs is 1. The Hall–Kier alpha value is -1.23. The van der Waals surface area contributed by atoms with Crippen LogP contribution in [0.2, 0.25) is 0 Å². The van der Waals surface area contributed by atoms with Gasteiger partial charge in [0.1, 0.15) is 6.04 Å². The normalized spacial score (nSPS) is 21.5. The van der Waals surface area contributed by atoms with Gasteiger partial charge in [-0.25, -0.2) is 0 Å². The maximum absolute atomic E-state index is 12.9. The van der Waals surface area contributed by atoms with Crippen LogP contribution in [0.4, 0.5) is 18.9 Å². The summed E-state index contributed by atoms with van der Waals surface area (Å²) in [5.74, 6) is 0. The number of anilines is 1.